The van der Waals surface area contributed by atoms with Crippen LogP contribution in [0.1, 0.15) is 6.42 Å². The fourth-order valence-electron chi connectivity index (χ4n) is 3.05. The molecule has 1 saturated carbocycles. The van der Waals surface area contributed by atoms with Gasteiger partial charge in [0, 0.05) is 42.3 Å². The van der Waals surface area contributed by atoms with Crippen molar-refractivity contribution in [3.8, 4) is 28.3 Å². The molecule has 2 aromatic heterocycles. The Hall–Kier alpha value is -2.96. The van der Waals surface area contributed by atoms with Gasteiger partial charge in [0.2, 0.25) is 5.56 Å². The van der Waals surface area contributed by atoms with Gasteiger partial charge in [0.05, 0.1) is 24.8 Å². The Morgan fingerprint density at radius 3 is 2.50 bits per heavy atom. The molecule has 1 unspecified atom stereocenters. The first-order valence-corrected chi connectivity index (χ1v) is 8.24. The van der Waals surface area contributed by atoms with E-state index < -0.39 is 11.8 Å². The summed E-state index contributed by atoms with van der Waals surface area (Å²) in [5.41, 5.74) is 2.71. The molecule has 1 atom stereocenters. The third-order valence-corrected chi connectivity index (χ3v) is 4.63. The van der Waals surface area contributed by atoms with Crippen molar-refractivity contribution >= 4 is 0 Å². The van der Waals surface area contributed by atoms with Gasteiger partial charge < -0.3 is 14.3 Å². The number of halogens is 2. The Labute approximate surface area is 148 Å². The van der Waals surface area contributed by atoms with E-state index in [1.807, 2.05) is 24.3 Å². The lowest BCUT2D eigenvalue weighted by molar-refractivity contribution is 0.0952. The molecule has 1 aliphatic rings. The van der Waals surface area contributed by atoms with Crippen LogP contribution in [0, 0.1) is 5.92 Å². The topological polar surface area (TPSA) is 59.9 Å². The number of aromatic nitrogens is 3. The average molecular weight is 357 g/mol. The summed E-state index contributed by atoms with van der Waals surface area (Å²) in [5, 5.41) is 0. The predicted octanol–water partition coefficient (Wildman–Crippen LogP) is 3.57. The minimum atomic E-state index is -2.60. The number of hydrogen-bond donors (Lipinski definition) is 1. The Bertz CT molecular complexity index is 972. The minimum absolute atomic E-state index is 0.103. The summed E-state index contributed by atoms with van der Waals surface area (Å²) < 4.78 is 33.7. The van der Waals surface area contributed by atoms with Crippen LogP contribution >= 0.6 is 0 Å². The molecule has 0 aliphatic heterocycles. The van der Waals surface area contributed by atoms with Crippen molar-refractivity contribution in [3.05, 3.63) is 59.3 Å². The molecule has 134 valence electrons. The number of nitrogens with zero attached hydrogens (tertiary/aromatic N) is 2. The molecule has 0 spiro atoms. The zero-order valence-corrected chi connectivity index (χ0v) is 14.1. The summed E-state index contributed by atoms with van der Waals surface area (Å²) in [4.78, 5) is 18.5. The SMILES string of the molecule is COc1ccc(-c2ncn(CC3CC3(F)F)c2-c2ccc(=O)[nH]c2)cc1. The quantitative estimate of drug-likeness (QED) is 0.759. The lowest BCUT2D eigenvalue weighted by atomic mass is 10.1. The van der Waals surface area contributed by atoms with Crippen molar-refractivity contribution < 1.29 is 13.5 Å². The smallest absolute Gasteiger partial charge is 0.253 e. The lowest BCUT2D eigenvalue weighted by Crippen LogP contribution is -2.07. The second-order valence-corrected chi connectivity index (χ2v) is 6.43. The van der Waals surface area contributed by atoms with Gasteiger partial charge in [0.1, 0.15) is 5.75 Å². The van der Waals surface area contributed by atoms with Crippen LogP contribution in [-0.4, -0.2) is 27.6 Å². The number of imidazole rings is 1. The number of benzene rings is 1. The summed E-state index contributed by atoms with van der Waals surface area (Å²) in [7, 11) is 1.59. The molecule has 1 aromatic carbocycles. The highest BCUT2D eigenvalue weighted by Gasteiger charge is 2.56. The second kappa shape index (κ2) is 6.09. The highest BCUT2D eigenvalue weighted by molar-refractivity contribution is 5.78. The van der Waals surface area contributed by atoms with E-state index in [1.54, 1.807) is 30.3 Å². The number of rotatable bonds is 5. The van der Waals surface area contributed by atoms with Gasteiger partial charge in [-0.05, 0) is 30.3 Å². The van der Waals surface area contributed by atoms with Crippen LogP contribution < -0.4 is 10.3 Å². The molecule has 0 saturated heterocycles. The first-order chi connectivity index (χ1) is 12.5. The van der Waals surface area contributed by atoms with Gasteiger partial charge >= 0.3 is 0 Å². The zero-order valence-electron chi connectivity index (χ0n) is 14.1. The Morgan fingerprint density at radius 1 is 1.23 bits per heavy atom. The van der Waals surface area contributed by atoms with Crippen molar-refractivity contribution in [2.45, 2.75) is 18.9 Å². The van der Waals surface area contributed by atoms with E-state index in [0.717, 1.165) is 16.9 Å². The maximum absolute atomic E-state index is 13.4. The zero-order chi connectivity index (χ0) is 18.3. The van der Waals surface area contributed by atoms with Crippen LogP contribution in [0.3, 0.4) is 0 Å². The van der Waals surface area contributed by atoms with Crippen molar-refractivity contribution in [3.63, 3.8) is 0 Å². The Kier molecular flexibility index (Phi) is 3.86. The first kappa shape index (κ1) is 16.5. The highest BCUT2D eigenvalue weighted by Crippen LogP contribution is 2.50. The maximum Gasteiger partial charge on any atom is 0.253 e. The number of ether oxygens (including phenoxy) is 1. The summed E-state index contributed by atoms with van der Waals surface area (Å²) in [5.74, 6) is -2.56. The molecule has 3 aromatic rings. The van der Waals surface area contributed by atoms with E-state index in [4.69, 9.17) is 4.74 Å². The van der Waals surface area contributed by atoms with Crippen LogP contribution in [0.15, 0.2) is 53.7 Å². The molecule has 1 fully saturated rings. The van der Waals surface area contributed by atoms with E-state index in [2.05, 4.69) is 9.97 Å². The van der Waals surface area contributed by atoms with E-state index in [-0.39, 0.29) is 18.5 Å². The molecule has 26 heavy (non-hydrogen) atoms. The molecular weight excluding hydrogens is 340 g/mol. The fraction of sp³-hybridized carbons (Fsp3) is 0.263. The van der Waals surface area contributed by atoms with Gasteiger partial charge in [-0.2, -0.15) is 0 Å². The first-order valence-electron chi connectivity index (χ1n) is 8.24. The molecule has 1 N–H and O–H groups in total. The van der Waals surface area contributed by atoms with Crippen LogP contribution in [0.25, 0.3) is 22.5 Å². The Morgan fingerprint density at radius 2 is 1.92 bits per heavy atom. The molecule has 0 amide bonds. The highest BCUT2D eigenvalue weighted by atomic mass is 19.3. The van der Waals surface area contributed by atoms with Crippen molar-refractivity contribution in [1.82, 2.24) is 14.5 Å². The summed E-state index contributed by atoms with van der Waals surface area (Å²) >= 11 is 0. The standard InChI is InChI=1S/C19H17F2N3O2/c1-26-15-5-2-12(3-6-15)17-18(13-4-7-16(25)22-9-13)24(11-23-17)10-14-8-19(14,20)21/h2-7,9,11,14H,8,10H2,1H3,(H,22,25). The molecule has 4 rings (SSSR count). The van der Waals surface area contributed by atoms with Crippen LogP contribution in [-0.2, 0) is 6.54 Å². The van der Waals surface area contributed by atoms with Crippen molar-refractivity contribution in [1.29, 1.82) is 0 Å². The largest absolute Gasteiger partial charge is 0.497 e. The van der Waals surface area contributed by atoms with Gasteiger partial charge in [0.15, 0.2) is 0 Å². The van der Waals surface area contributed by atoms with Gasteiger partial charge in [0.25, 0.3) is 5.92 Å². The number of alkyl halides is 2. The van der Waals surface area contributed by atoms with E-state index in [9.17, 15) is 13.6 Å². The number of pyridine rings is 1. The Balaban J connectivity index is 1.79. The van der Waals surface area contributed by atoms with Gasteiger partial charge in [-0.25, -0.2) is 13.8 Å². The predicted molar refractivity (Wildman–Crippen MR) is 93.3 cm³/mol. The van der Waals surface area contributed by atoms with Crippen molar-refractivity contribution in [2.24, 2.45) is 5.92 Å². The van der Waals surface area contributed by atoms with Gasteiger partial charge in [-0.3, -0.25) is 4.79 Å². The second-order valence-electron chi connectivity index (χ2n) is 6.43. The molecule has 2 heterocycles. The third-order valence-electron chi connectivity index (χ3n) is 4.63. The van der Waals surface area contributed by atoms with Crippen LogP contribution in [0.4, 0.5) is 8.78 Å². The number of aromatic amines is 1. The van der Waals surface area contributed by atoms with Crippen LogP contribution in [0.5, 0.6) is 5.75 Å². The fourth-order valence-corrected chi connectivity index (χ4v) is 3.05. The van der Waals surface area contributed by atoms with E-state index in [1.165, 1.54) is 6.07 Å². The third kappa shape index (κ3) is 3.00. The maximum atomic E-state index is 13.4. The summed E-state index contributed by atoms with van der Waals surface area (Å²) in [6, 6.07) is 10.5. The molecular formula is C19H17F2N3O2. The minimum Gasteiger partial charge on any atom is -0.497 e. The summed E-state index contributed by atoms with van der Waals surface area (Å²) in [6.45, 7) is 0.185. The van der Waals surface area contributed by atoms with Gasteiger partial charge in [-0.1, -0.05) is 0 Å². The molecule has 0 bridgehead atoms. The summed E-state index contributed by atoms with van der Waals surface area (Å²) in [6.07, 6.45) is 3.05. The number of methoxy groups -OCH3 is 1. The number of H-pyrrole nitrogens is 1. The number of hydrogen-bond acceptors (Lipinski definition) is 3. The van der Waals surface area contributed by atoms with E-state index >= 15 is 0 Å². The molecule has 0 radical (unpaired) electrons. The van der Waals surface area contributed by atoms with E-state index in [0.29, 0.717) is 11.4 Å². The normalized spacial score (nSPS) is 17.9. The number of nitrogens with one attached hydrogen (secondary N) is 1. The molecule has 5 nitrogen and oxygen atoms in total. The van der Waals surface area contributed by atoms with Gasteiger partial charge in [-0.15, -0.1) is 0 Å². The van der Waals surface area contributed by atoms with Crippen molar-refractivity contribution in [2.75, 3.05) is 7.11 Å². The monoisotopic (exact) mass is 357 g/mol. The average Bonchev–Trinajstić information content (AvgIpc) is 3.03. The molecule has 1 aliphatic carbocycles. The molecule has 7 heteroatoms. The lowest BCUT2D eigenvalue weighted by Gasteiger charge is -2.10. The van der Waals surface area contributed by atoms with Crippen LogP contribution in [0.2, 0.25) is 0 Å².